The van der Waals surface area contributed by atoms with Crippen molar-refractivity contribution in [3.63, 3.8) is 0 Å². The molecule has 0 saturated heterocycles. The normalized spacial score (nSPS) is 20.1. The van der Waals surface area contributed by atoms with E-state index in [-0.39, 0.29) is 0 Å². The van der Waals surface area contributed by atoms with E-state index in [1.165, 1.54) is 6.07 Å². The third-order valence-electron chi connectivity index (χ3n) is 3.79. The van der Waals surface area contributed by atoms with E-state index in [4.69, 9.17) is 4.84 Å². The third-order valence-corrected chi connectivity index (χ3v) is 3.79. The average molecular weight is 307 g/mol. The molecule has 22 heavy (non-hydrogen) atoms. The van der Waals surface area contributed by atoms with Gasteiger partial charge in [-0.05, 0) is 56.7 Å². The lowest BCUT2D eigenvalue weighted by Gasteiger charge is -2.23. The van der Waals surface area contributed by atoms with Crippen LogP contribution < -0.4 is 0 Å². The Hall–Kier alpha value is -2.04. The van der Waals surface area contributed by atoms with Gasteiger partial charge in [0.25, 0.3) is 0 Å². The van der Waals surface area contributed by atoms with Crippen molar-refractivity contribution in [2.45, 2.75) is 40.0 Å². The van der Waals surface area contributed by atoms with Crippen LogP contribution in [0.2, 0.25) is 0 Å². The molecular weight excluding hydrogens is 288 g/mol. The molecule has 1 aliphatic carbocycles. The Morgan fingerprint density at radius 1 is 1.27 bits per heavy atom. The first kappa shape index (κ1) is 16.3. The fourth-order valence-corrected chi connectivity index (χ4v) is 2.56. The summed E-state index contributed by atoms with van der Waals surface area (Å²) in [4.78, 5) is 16.7. The summed E-state index contributed by atoms with van der Waals surface area (Å²) in [7, 11) is 0. The van der Waals surface area contributed by atoms with Gasteiger partial charge in [-0.3, -0.25) is 0 Å². The molecular formula is C17H19F2NO2. The van der Waals surface area contributed by atoms with E-state index in [1.54, 1.807) is 0 Å². The lowest BCUT2D eigenvalue weighted by molar-refractivity contribution is 0.0503. The lowest BCUT2D eigenvalue weighted by atomic mass is 9.84. The smallest absolute Gasteiger partial charge is 0.312 e. The summed E-state index contributed by atoms with van der Waals surface area (Å²) < 4.78 is 27.1. The van der Waals surface area contributed by atoms with Crippen LogP contribution in [0.25, 0.3) is 0 Å². The number of nitrogens with zero attached hydrogens (tertiary/aromatic N) is 1. The second-order valence-corrected chi connectivity index (χ2v) is 5.84. The third kappa shape index (κ3) is 3.59. The molecule has 5 heteroatoms. The highest BCUT2D eigenvalue weighted by atomic mass is 19.1. The average Bonchev–Trinajstić information content (AvgIpc) is 2.44. The monoisotopic (exact) mass is 307 g/mol. The molecule has 118 valence electrons. The number of rotatable bonds is 2. The zero-order valence-electron chi connectivity index (χ0n) is 13.0. The minimum Gasteiger partial charge on any atom is -0.312 e. The minimum atomic E-state index is -1.12. The molecule has 0 spiro atoms. The molecule has 1 fully saturated rings. The molecule has 1 aliphatic rings. The maximum absolute atomic E-state index is 13.5. The zero-order valence-corrected chi connectivity index (χ0v) is 13.0. The summed E-state index contributed by atoms with van der Waals surface area (Å²) in [5, 5.41) is 3.87. The van der Waals surface area contributed by atoms with Gasteiger partial charge in [0.15, 0.2) is 0 Å². The molecule has 1 unspecified atom stereocenters. The topological polar surface area (TPSA) is 38.7 Å². The summed E-state index contributed by atoms with van der Waals surface area (Å²) >= 11 is 0. The number of allylic oxidation sites excluding steroid dienone is 2. The molecule has 0 aliphatic heterocycles. The van der Waals surface area contributed by atoms with Crippen LogP contribution in [0.5, 0.6) is 0 Å². The number of benzene rings is 1. The van der Waals surface area contributed by atoms with E-state index in [0.29, 0.717) is 18.1 Å². The molecule has 1 saturated carbocycles. The lowest BCUT2D eigenvalue weighted by Crippen LogP contribution is -2.18. The zero-order chi connectivity index (χ0) is 16.3. The van der Waals surface area contributed by atoms with E-state index < -0.39 is 23.2 Å². The molecule has 3 nitrogen and oxygen atoms in total. The minimum absolute atomic E-state index is 0.436. The maximum Gasteiger partial charge on any atom is 0.371 e. The Kier molecular flexibility index (Phi) is 5.06. The predicted octanol–water partition coefficient (Wildman–Crippen LogP) is 4.63. The quantitative estimate of drug-likeness (QED) is 0.590. The van der Waals surface area contributed by atoms with Gasteiger partial charge < -0.3 is 4.84 Å². The van der Waals surface area contributed by atoms with Gasteiger partial charge in [-0.25, -0.2) is 13.6 Å². The number of carbonyl (C=O) groups excluding carboxylic acids is 1. The van der Waals surface area contributed by atoms with Crippen molar-refractivity contribution in [3.05, 3.63) is 46.5 Å². The SMILES string of the molecule is CC(C)=C1CCC(C)C/C1=N\OC(=O)c1c(F)cccc1F. The van der Waals surface area contributed by atoms with Crippen LogP contribution >= 0.6 is 0 Å². The summed E-state index contributed by atoms with van der Waals surface area (Å²) in [6.45, 7) is 6.04. The van der Waals surface area contributed by atoms with Gasteiger partial charge >= 0.3 is 5.97 Å². The van der Waals surface area contributed by atoms with E-state index in [9.17, 15) is 13.6 Å². The predicted molar refractivity (Wildman–Crippen MR) is 80.6 cm³/mol. The Labute approximate surface area is 128 Å². The summed E-state index contributed by atoms with van der Waals surface area (Å²) in [5.74, 6) is -2.59. The Balaban J connectivity index is 2.22. The number of halogens is 2. The standard InChI is InChI=1S/C17H19F2NO2/c1-10(2)12-8-7-11(3)9-15(12)20-22-17(21)16-13(18)5-4-6-14(16)19/h4-6,11H,7-9H2,1-3H3/b20-15+. The summed E-state index contributed by atoms with van der Waals surface area (Å²) in [6.07, 6.45) is 2.61. The second kappa shape index (κ2) is 6.81. The van der Waals surface area contributed by atoms with Crippen molar-refractivity contribution in [2.75, 3.05) is 0 Å². The van der Waals surface area contributed by atoms with Gasteiger partial charge in [0, 0.05) is 0 Å². The Morgan fingerprint density at radius 3 is 2.50 bits per heavy atom. The van der Waals surface area contributed by atoms with E-state index in [0.717, 1.165) is 36.1 Å². The number of oxime groups is 1. The molecule has 0 aromatic heterocycles. The molecule has 0 heterocycles. The first-order valence-electron chi connectivity index (χ1n) is 7.29. The second-order valence-electron chi connectivity index (χ2n) is 5.84. The van der Waals surface area contributed by atoms with Crippen molar-refractivity contribution < 1.29 is 18.4 Å². The molecule has 0 amide bonds. The fourth-order valence-electron chi connectivity index (χ4n) is 2.56. The number of hydrogen-bond acceptors (Lipinski definition) is 3. The van der Waals surface area contributed by atoms with Crippen molar-refractivity contribution in [1.82, 2.24) is 0 Å². The maximum atomic E-state index is 13.5. The van der Waals surface area contributed by atoms with Gasteiger partial charge in [-0.1, -0.05) is 23.7 Å². The summed E-state index contributed by atoms with van der Waals surface area (Å²) in [5.41, 5.74) is 2.14. The van der Waals surface area contributed by atoms with Gasteiger partial charge in [-0.15, -0.1) is 0 Å². The van der Waals surface area contributed by atoms with Crippen LogP contribution in [0.4, 0.5) is 8.78 Å². The van der Waals surface area contributed by atoms with Crippen molar-refractivity contribution in [2.24, 2.45) is 11.1 Å². The van der Waals surface area contributed by atoms with E-state index >= 15 is 0 Å². The first-order chi connectivity index (χ1) is 10.4. The molecule has 0 N–H and O–H groups in total. The molecule has 0 bridgehead atoms. The van der Waals surface area contributed by atoms with Gasteiger partial charge in [0.2, 0.25) is 0 Å². The number of carbonyl (C=O) groups is 1. The van der Waals surface area contributed by atoms with E-state index in [2.05, 4.69) is 12.1 Å². The molecule has 1 aromatic rings. The van der Waals surface area contributed by atoms with Crippen LogP contribution in [-0.2, 0) is 4.84 Å². The van der Waals surface area contributed by atoms with Crippen molar-refractivity contribution in [1.29, 1.82) is 0 Å². The molecule has 1 atom stereocenters. The van der Waals surface area contributed by atoms with Crippen LogP contribution in [0.15, 0.2) is 34.5 Å². The van der Waals surface area contributed by atoms with Gasteiger partial charge in [0.05, 0.1) is 5.71 Å². The molecule has 1 aromatic carbocycles. The van der Waals surface area contributed by atoms with Crippen LogP contribution in [-0.4, -0.2) is 11.7 Å². The fraction of sp³-hybridized carbons (Fsp3) is 0.412. The van der Waals surface area contributed by atoms with Crippen LogP contribution in [0.3, 0.4) is 0 Å². The highest BCUT2D eigenvalue weighted by Crippen LogP contribution is 2.28. The van der Waals surface area contributed by atoms with Crippen LogP contribution in [0.1, 0.15) is 50.4 Å². The molecule has 2 rings (SSSR count). The molecule has 0 radical (unpaired) electrons. The number of hydrogen-bond donors (Lipinski definition) is 0. The summed E-state index contributed by atoms with van der Waals surface area (Å²) in [6, 6.07) is 3.21. The Morgan fingerprint density at radius 2 is 1.91 bits per heavy atom. The highest BCUT2D eigenvalue weighted by Gasteiger charge is 2.23. The van der Waals surface area contributed by atoms with Crippen molar-refractivity contribution >= 4 is 11.7 Å². The van der Waals surface area contributed by atoms with E-state index in [1.807, 2.05) is 13.8 Å². The largest absolute Gasteiger partial charge is 0.371 e. The van der Waals surface area contributed by atoms with Crippen molar-refractivity contribution in [3.8, 4) is 0 Å². The van der Waals surface area contributed by atoms with Crippen LogP contribution in [0, 0.1) is 17.6 Å². The first-order valence-corrected chi connectivity index (χ1v) is 7.29. The Bertz CT molecular complexity index is 626. The highest BCUT2D eigenvalue weighted by molar-refractivity contribution is 6.01. The van der Waals surface area contributed by atoms with Gasteiger partial charge in [0.1, 0.15) is 17.2 Å². The van der Waals surface area contributed by atoms with Gasteiger partial charge in [-0.2, -0.15) is 0 Å².